The van der Waals surface area contributed by atoms with Crippen LogP contribution in [0.3, 0.4) is 0 Å². The number of aromatic nitrogens is 2. The molecule has 1 atom stereocenters. The third-order valence-corrected chi connectivity index (χ3v) is 3.18. The summed E-state index contributed by atoms with van der Waals surface area (Å²) >= 11 is 0. The smallest absolute Gasteiger partial charge is 0.319 e. The van der Waals surface area contributed by atoms with Crippen molar-refractivity contribution in [2.45, 2.75) is 32.8 Å². The van der Waals surface area contributed by atoms with E-state index in [1.165, 1.54) is 0 Å². The Kier molecular flexibility index (Phi) is 4.03. The van der Waals surface area contributed by atoms with Gasteiger partial charge in [-0.1, -0.05) is 12.1 Å². The standard InChI is InChI=1S/C12H19N5O2/c1-4-9-5-10(19-16-9)6-13-12(18)15-11-7-14-17(3)8(11)2/h7,10H,4-6H2,1-3H3,(H2,13,15,18). The van der Waals surface area contributed by atoms with Gasteiger partial charge in [0.15, 0.2) is 0 Å². The monoisotopic (exact) mass is 265 g/mol. The van der Waals surface area contributed by atoms with Crippen LogP contribution in [0.25, 0.3) is 0 Å². The predicted octanol–water partition coefficient (Wildman–Crippen LogP) is 1.40. The van der Waals surface area contributed by atoms with Crippen molar-refractivity contribution >= 4 is 17.4 Å². The highest BCUT2D eigenvalue weighted by molar-refractivity contribution is 5.90. The quantitative estimate of drug-likeness (QED) is 0.863. The van der Waals surface area contributed by atoms with E-state index < -0.39 is 0 Å². The normalized spacial score (nSPS) is 17.8. The van der Waals surface area contributed by atoms with Gasteiger partial charge in [0.25, 0.3) is 0 Å². The number of carbonyl (C=O) groups excluding carboxylic acids is 1. The number of amides is 2. The Morgan fingerprint density at radius 2 is 2.42 bits per heavy atom. The van der Waals surface area contributed by atoms with Gasteiger partial charge in [0, 0.05) is 13.5 Å². The molecule has 0 saturated carbocycles. The van der Waals surface area contributed by atoms with Crippen LogP contribution in [0.15, 0.2) is 11.4 Å². The summed E-state index contributed by atoms with van der Waals surface area (Å²) in [5, 5.41) is 13.5. The summed E-state index contributed by atoms with van der Waals surface area (Å²) in [6.07, 6.45) is 3.23. The van der Waals surface area contributed by atoms with Crippen molar-refractivity contribution in [3.63, 3.8) is 0 Å². The van der Waals surface area contributed by atoms with Crippen molar-refractivity contribution in [1.82, 2.24) is 15.1 Å². The molecule has 1 unspecified atom stereocenters. The highest BCUT2D eigenvalue weighted by Crippen LogP contribution is 2.13. The number of nitrogens with one attached hydrogen (secondary N) is 2. The van der Waals surface area contributed by atoms with Crippen LogP contribution in [0.4, 0.5) is 10.5 Å². The molecule has 0 spiro atoms. The molecule has 0 fully saturated rings. The first-order chi connectivity index (χ1) is 9.10. The van der Waals surface area contributed by atoms with Gasteiger partial charge in [-0.3, -0.25) is 4.68 Å². The number of carbonyl (C=O) groups is 1. The van der Waals surface area contributed by atoms with E-state index in [0.717, 1.165) is 24.2 Å². The van der Waals surface area contributed by atoms with E-state index in [1.807, 2.05) is 20.9 Å². The zero-order chi connectivity index (χ0) is 13.8. The molecule has 0 saturated heterocycles. The third kappa shape index (κ3) is 3.24. The molecule has 1 aliphatic heterocycles. The van der Waals surface area contributed by atoms with E-state index in [9.17, 15) is 4.79 Å². The predicted molar refractivity (Wildman–Crippen MR) is 72.2 cm³/mol. The first-order valence-electron chi connectivity index (χ1n) is 6.35. The number of anilines is 1. The molecular weight excluding hydrogens is 246 g/mol. The van der Waals surface area contributed by atoms with Crippen molar-refractivity contribution in [1.29, 1.82) is 0 Å². The summed E-state index contributed by atoms with van der Waals surface area (Å²) in [6, 6.07) is -0.260. The summed E-state index contributed by atoms with van der Waals surface area (Å²) in [5.74, 6) is 0. The van der Waals surface area contributed by atoms with Gasteiger partial charge in [-0.25, -0.2) is 4.79 Å². The number of urea groups is 1. The molecule has 7 heteroatoms. The third-order valence-electron chi connectivity index (χ3n) is 3.18. The lowest BCUT2D eigenvalue weighted by molar-refractivity contribution is 0.0870. The molecule has 2 amide bonds. The Morgan fingerprint density at radius 3 is 3.00 bits per heavy atom. The zero-order valence-electron chi connectivity index (χ0n) is 11.4. The maximum absolute atomic E-state index is 11.7. The van der Waals surface area contributed by atoms with Crippen molar-refractivity contribution < 1.29 is 9.63 Å². The second-order valence-corrected chi connectivity index (χ2v) is 4.54. The van der Waals surface area contributed by atoms with Crippen LogP contribution < -0.4 is 10.6 Å². The van der Waals surface area contributed by atoms with Crippen LogP contribution in [-0.2, 0) is 11.9 Å². The molecule has 0 radical (unpaired) electrons. The highest BCUT2D eigenvalue weighted by Gasteiger charge is 2.20. The maximum atomic E-state index is 11.7. The Hall–Kier alpha value is -2.05. The van der Waals surface area contributed by atoms with E-state index in [-0.39, 0.29) is 12.1 Å². The first kappa shape index (κ1) is 13.4. The largest absolute Gasteiger partial charge is 0.390 e. The molecule has 2 rings (SSSR count). The van der Waals surface area contributed by atoms with E-state index in [2.05, 4.69) is 20.9 Å². The molecule has 2 N–H and O–H groups in total. The highest BCUT2D eigenvalue weighted by atomic mass is 16.6. The molecule has 7 nitrogen and oxygen atoms in total. The minimum Gasteiger partial charge on any atom is -0.390 e. The van der Waals surface area contributed by atoms with Crippen LogP contribution in [0.2, 0.25) is 0 Å². The zero-order valence-corrected chi connectivity index (χ0v) is 11.4. The molecule has 2 heterocycles. The van der Waals surface area contributed by atoms with Crippen molar-refractivity contribution in [3.05, 3.63) is 11.9 Å². The number of hydrogen-bond acceptors (Lipinski definition) is 4. The van der Waals surface area contributed by atoms with Crippen LogP contribution in [-0.4, -0.2) is 34.2 Å². The second-order valence-electron chi connectivity index (χ2n) is 4.54. The van der Waals surface area contributed by atoms with E-state index >= 15 is 0 Å². The van der Waals surface area contributed by atoms with Gasteiger partial charge in [-0.05, 0) is 13.3 Å². The van der Waals surface area contributed by atoms with Crippen LogP contribution in [0.1, 0.15) is 25.5 Å². The van der Waals surface area contributed by atoms with Crippen molar-refractivity contribution in [2.24, 2.45) is 12.2 Å². The summed E-state index contributed by atoms with van der Waals surface area (Å²) in [5.41, 5.74) is 2.65. The Bertz CT molecular complexity index is 494. The van der Waals surface area contributed by atoms with Gasteiger partial charge >= 0.3 is 6.03 Å². The van der Waals surface area contributed by atoms with Crippen molar-refractivity contribution in [2.75, 3.05) is 11.9 Å². The molecule has 1 aromatic rings. The number of oxime groups is 1. The number of aryl methyl sites for hydroxylation is 1. The fourth-order valence-corrected chi connectivity index (χ4v) is 1.80. The lowest BCUT2D eigenvalue weighted by atomic mass is 10.1. The molecule has 1 aliphatic rings. The summed E-state index contributed by atoms with van der Waals surface area (Å²) in [6.45, 7) is 4.37. The SMILES string of the molecule is CCC1=NOC(CNC(=O)Nc2cnn(C)c2C)C1. The minimum absolute atomic E-state index is 0.0595. The fraction of sp³-hybridized carbons (Fsp3) is 0.583. The van der Waals surface area contributed by atoms with Gasteiger partial charge in [0.2, 0.25) is 0 Å². The molecular formula is C12H19N5O2. The van der Waals surface area contributed by atoms with E-state index in [0.29, 0.717) is 12.2 Å². The van der Waals surface area contributed by atoms with Gasteiger partial charge in [0.05, 0.1) is 29.8 Å². The first-order valence-corrected chi connectivity index (χ1v) is 6.35. The average Bonchev–Trinajstić information content (AvgIpc) is 2.98. The maximum Gasteiger partial charge on any atom is 0.319 e. The fourth-order valence-electron chi connectivity index (χ4n) is 1.80. The summed E-state index contributed by atoms with van der Waals surface area (Å²) < 4.78 is 1.71. The average molecular weight is 265 g/mol. The summed E-state index contributed by atoms with van der Waals surface area (Å²) in [4.78, 5) is 16.9. The Morgan fingerprint density at radius 1 is 1.63 bits per heavy atom. The molecule has 104 valence electrons. The lowest BCUT2D eigenvalue weighted by Crippen LogP contribution is -2.35. The number of rotatable bonds is 4. The van der Waals surface area contributed by atoms with Crippen LogP contribution >= 0.6 is 0 Å². The molecule has 0 aliphatic carbocycles. The van der Waals surface area contributed by atoms with E-state index in [1.54, 1.807) is 10.9 Å². The lowest BCUT2D eigenvalue weighted by Gasteiger charge is -2.10. The van der Waals surface area contributed by atoms with Gasteiger partial charge < -0.3 is 15.5 Å². The number of hydrogen-bond donors (Lipinski definition) is 2. The Labute approximate surface area is 112 Å². The van der Waals surface area contributed by atoms with Gasteiger partial charge in [-0.2, -0.15) is 5.10 Å². The van der Waals surface area contributed by atoms with Gasteiger partial charge in [0.1, 0.15) is 6.10 Å². The van der Waals surface area contributed by atoms with Crippen molar-refractivity contribution in [3.8, 4) is 0 Å². The van der Waals surface area contributed by atoms with Crippen LogP contribution in [0, 0.1) is 6.92 Å². The Balaban J connectivity index is 1.75. The topological polar surface area (TPSA) is 80.5 Å². The molecule has 0 bridgehead atoms. The molecule has 0 aromatic carbocycles. The minimum atomic E-state index is -0.260. The van der Waals surface area contributed by atoms with Gasteiger partial charge in [-0.15, -0.1) is 0 Å². The summed E-state index contributed by atoms with van der Waals surface area (Å²) in [7, 11) is 1.83. The van der Waals surface area contributed by atoms with Crippen LogP contribution in [0.5, 0.6) is 0 Å². The second kappa shape index (κ2) is 5.73. The molecule has 1 aromatic heterocycles. The van der Waals surface area contributed by atoms with E-state index in [4.69, 9.17) is 4.84 Å². The number of nitrogens with zero attached hydrogens (tertiary/aromatic N) is 3. The molecule has 19 heavy (non-hydrogen) atoms.